The SMILES string of the molecule is Cc1ccc(S(=O)(=O)N(C)c2ccc(C(=O)NC(C)c3ccc4c(c3)OCCO4)cc2)cc1. The molecule has 8 heteroatoms. The Kier molecular flexibility index (Phi) is 6.29. The van der Waals surface area contributed by atoms with Crippen molar-refractivity contribution in [1.82, 2.24) is 5.32 Å². The van der Waals surface area contributed by atoms with Gasteiger partial charge in [-0.2, -0.15) is 0 Å². The van der Waals surface area contributed by atoms with Crippen molar-refractivity contribution in [2.75, 3.05) is 24.6 Å². The van der Waals surface area contributed by atoms with E-state index in [9.17, 15) is 13.2 Å². The monoisotopic (exact) mass is 466 g/mol. The van der Waals surface area contributed by atoms with Gasteiger partial charge in [0, 0.05) is 12.6 Å². The van der Waals surface area contributed by atoms with Crippen LogP contribution in [0.3, 0.4) is 0 Å². The van der Waals surface area contributed by atoms with E-state index in [1.54, 1.807) is 48.5 Å². The number of benzene rings is 3. The van der Waals surface area contributed by atoms with Crippen molar-refractivity contribution < 1.29 is 22.7 Å². The van der Waals surface area contributed by atoms with Gasteiger partial charge >= 0.3 is 0 Å². The number of nitrogens with one attached hydrogen (secondary N) is 1. The molecule has 3 aromatic rings. The quantitative estimate of drug-likeness (QED) is 0.592. The summed E-state index contributed by atoms with van der Waals surface area (Å²) in [5.74, 6) is 1.11. The standard InChI is InChI=1S/C25H26N2O5S/c1-17-4-11-22(12-5-17)33(29,30)27(3)21-9-6-19(7-10-21)25(28)26-18(2)20-8-13-23-24(16-20)32-15-14-31-23/h4-13,16,18H,14-15H2,1-3H3,(H,26,28). The summed E-state index contributed by atoms with van der Waals surface area (Å²) in [4.78, 5) is 13.0. The van der Waals surface area contributed by atoms with Gasteiger partial charge in [-0.3, -0.25) is 9.10 Å². The molecule has 1 N–H and O–H groups in total. The van der Waals surface area contributed by atoms with Crippen LogP contribution in [0.2, 0.25) is 0 Å². The van der Waals surface area contributed by atoms with E-state index in [4.69, 9.17) is 9.47 Å². The molecule has 1 aliphatic rings. The van der Waals surface area contributed by atoms with Gasteiger partial charge in [-0.05, 0) is 67.9 Å². The Balaban J connectivity index is 1.45. The highest BCUT2D eigenvalue weighted by atomic mass is 32.2. The molecule has 0 bridgehead atoms. The zero-order chi connectivity index (χ0) is 23.6. The number of fused-ring (bicyclic) bond motifs is 1. The third kappa shape index (κ3) is 4.80. The first-order valence-corrected chi connectivity index (χ1v) is 12.1. The van der Waals surface area contributed by atoms with Crippen LogP contribution in [0.5, 0.6) is 11.5 Å². The van der Waals surface area contributed by atoms with E-state index < -0.39 is 10.0 Å². The first kappa shape index (κ1) is 22.7. The normalized spacial score (nSPS) is 13.8. The minimum atomic E-state index is -3.69. The predicted molar refractivity (Wildman–Crippen MR) is 127 cm³/mol. The first-order chi connectivity index (χ1) is 15.8. The van der Waals surface area contributed by atoms with Crippen LogP contribution in [0, 0.1) is 6.92 Å². The summed E-state index contributed by atoms with van der Waals surface area (Å²) >= 11 is 0. The molecule has 1 amide bonds. The van der Waals surface area contributed by atoms with Crippen LogP contribution in [0.15, 0.2) is 71.6 Å². The van der Waals surface area contributed by atoms with E-state index >= 15 is 0 Å². The number of ether oxygens (including phenoxy) is 2. The topological polar surface area (TPSA) is 84.9 Å². The second kappa shape index (κ2) is 9.15. The van der Waals surface area contributed by atoms with E-state index in [0.717, 1.165) is 11.1 Å². The molecule has 172 valence electrons. The number of sulfonamides is 1. The van der Waals surface area contributed by atoms with Gasteiger partial charge in [0.15, 0.2) is 11.5 Å². The van der Waals surface area contributed by atoms with E-state index in [1.807, 2.05) is 32.0 Å². The Bertz CT molecular complexity index is 1250. The van der Waals surface area contributed by atoms with Crippen molar-refractivity contribution in [3.8, 4) is 11.5 Å². The van der Waals surface area contributed by atoms with Gasteiger partial charge in [0.2, 0.25) is 0 Å². The number of carbonyl (C=O) groups excluding carboxylic acids is 1. The summed E-state index contributed by atoms with van der Waals surface area (Å²) < 4.78 is 38.1. The second-order valence-electron chi connectivity index (χ2n) is 7.93. The zero-order valence-corrected chi connectivity index (χ0v) is 19.6. The van der Waals surface area contributed by atoms with Crippen molar-refractivity contribution in [3.63, 3.8) is 0 Å². The average molecular weight is 467 g/mol. The lowest BCUT2D eigenvalue weighted by Crippen LogP contribution is -2.28. The maximum atomic E-state index is 12.9. The van der Waals surface area contributed by atoms with E-state index in [0.29, 0.717) is 36.0 Å². The summed E-state index contributed by atoms with van der Waals surface area (Å²) in [6, 6.07) is 18.5. The molecule has 33 heavy (non-hydrogen) atoms. The zero-order valence-electron chi connectivity index (χ0n) is 18.7. The smallest absolute Gasteiger partial charge is 0.264 e. The molecule has 0 saturated carbocycles. The maximum absolute atomic E-state index is 12.9. The lowest BCUT2D eigenvalue weighted by atomic mass is 10.1. The number of nitrogens with zero attached hydrogens (tertiary/aromatic N) is 1. The first-order valence-electron chi connectivity index (χ1n) is 10.6. The minimum Gasteiger partial charge on any atom is -0.486 e. The molecule has 1 atom stereocenters. The van der Waals surface area contributed by atoms with Crippen LogP contribution in [-0.4, -0.2) is 34.6 Å². The van der Waals surface area contributed by atoms with Crippen LogP contribution >= 0.6 is 0 Å². The summed E-state index contributed by atoms with van der Waals surface area (Å²) in [5.41, 5.74) is 2.78. The van der Waals surface area contributed by atoms with E-state index in [2.05, 4.69) is 5.32 Å². The second-order valence-corrected chi connectivity index (χ2v) is 9.90. The van der Waals surface area contributed by atoms with E-state index in [-0.39, 0.29) is 16.8 Å². The molecule has 0 spiro atoms. The van der Waals surface area contributed by atoms with Gasteiger partial charge in [-0.25, -0.2) is 8.42 Å². The Morgan fingerprint density at radius 3 is 2.24 bits per heavy atom. The summed E-state index contributed by atoms with van der Waals surface area (Å²) in [6.07, 6.45) is 0. The number of rotatable bonds is 6. The number of anilines is 1. The van der Waals surface area contributed by atoms with Crippen LogP contribution in [-0.2, 0) is 10.0 Å². The van der Waals surface area contributed by atoms with Gasteiger partial charge < -0.3 is 14.8 Å². The number of carbonyl (C=O) groups is 1. The summed E-state index contributed by atoms with van der Waals surface area (Å²) in [6.45, 7) is 4.81. The highest BCUT2D eigenvalue weighted by Crippen LogP contribution is 2.32. The third-order valence-electron chi connectivity index (χ3n) is 5.59. The van der Waals surface area contributed by atoms with Gasteiger partial charge in [0.1, 0.15) is 13.2 Å². The Hall–Kier alpha value is -3.52. The third-order valence-corrected chi connectivity index (χ3v) is 7.39. The van der Waals surface area contributed by atoms with Crippen LogP contribution in [0.1, 0.15) is 34.5 Å². The van der Waals surface area contributed by atoms with Crippen molar-refractivity contribution in [1.29, 1.82) is 0 Å². The Morgan fingerprint density at radius 2 is 1.58 bits per heavy atom. The highest BCUT2D eigenvalue weighted by molar-refractivity contribution is 7.92. The molecule has 1 unspecified atom stereocenters. The van der Waals surface area contributed by atoms with Gasteiger partial charge in [0.25, 0.3) is 15.9 Å². The lowest BCUT2D eigenvalue weighted by molar-refractivity contribution is 0.0939. The van der Waals surface area contributed by atoms with Crippen molar-refractivity contribution in [2.24, 2.45) is 0 Å². The largest absolute Gasteiger partial charge is 0.486 e. The van der Waals surface area contributed by atoms with Crippen molar-refractivity contribution in [2.45, 2.75) is 24.8 Å². The number of amides is 1. The number of hydrogen-bond donors (Lipinski definition) is 1. The minimum absolute atomic E-state index is 0.214. The molecule has 1 heterocycles. The Morgan fingerprint density at radius 1 is 0.939 bits per heavy atom. The molecular weight excluding hydrogens is 440 g/mol. The van der Waals surface area contributed by atoms with Gasteiger partial charge in [-0.1, -0.05) is 23.8 Å². The molecule has 0 radical (unpaired) electrons. The molecule has 4 rings (SSSR count). The average Bonchev–Trinajstić information content (AvgIpc) is 2.83. The molecular formula is C25H26N2O5S. The molecule has 1 aliphatic heterocycles. The summed E-state index contributed by atoms with van der Waals surface area (Å²) in [5, 5.41) is 2.96. The molecule has 3 aromatic carbocycles. The fourth-order valence-electron chi connectivity index (χ4n) is 3.52. The van der Waals surface area contributed by atoms with Crippen LogP contribution in [0.4, 0.5) is 5.69 Å². The molecule has 0 fully saturated rings. The predicted octanol–water partition coefficient (Wildman–Crippen LogP) is 4.08. The molecule has 0 aromatic heterocycles. The number of aryl methyl sites for hydroxylation is 1. The van der Waals surface area contributed by atoms with Crippen molar-refractivity contribution in [3.05, 3.63) is 83.4 Å². The van der Waals surface area contributed by atoms with Gasteiger partial charge in [-0.15, -0.1) is 0 Å². The van der Waals surface area contributed by atoms with Crippen molar-refractivity contribution >= 4 is 21.6 Å². The highest BCUT2D eigenvalue weighted by Gasteiger charge is 2.22. The fraction of sp³-hybridized carbons (Fsp3) is 0.240. The van der Waals surface area contributed by atoms with Crippen LogP contribution in [0.25, 0.3) is 0 Å². The lowest BCUT2D eigenvalue weighted by Gasteiger charge is -2.21. The molecule has 7 nitrogen and oxygen atoms in total. The van der Waals surface area contributed by atoms with E-state index in [1.165, 1.54) is 11.4 Å². The van der Waals surface area contributed by atoms with Gasteiger partial charge in [0.05, 0.1) is 16.6 Å². The fourth-order valence-corrected chi connectivity index (χ4v) is 4.72. The summed E-state index contributed by atoms with van der Waals surface area (Å²) in [7, 11) is -2.20. The maximum Gasteiger partial charge on any atom is 0.264 e. The molecule has 0 saturated heterocycles. The molecule has 0 aliphatic carbocycles. The number of hydrogen-bond acceptors (Lipinski definition) is 5. The van der Waals surface area contributed by atoms with Crippen LogP contribution < -0.4 is 19.1 Å². The Labute approximate surface area is 194 Å².